The Bertz CT molecular complexity index is 215. The Morgan fingerprint density at radius 1 is 1.25 bits per heavy atom. The number of nitrogens with two attached hydrogens (primary N) is 1. The van der Waals surface area contributed by atoms with Gasteiger partial charge in [-0.25, -0.2) is 0 Å². The lowest BCUT2D eigenvalue weighted by Crippen LogP contribution is -2.29. The normalized spacial score (nSPS) is 7.83. The maximum atomic E-state index is 8.58. The molecule has 1 rings (SSSR count). The first-order valence-electron chi connectivity index (χ1n) is 3.28. The number of benzene rings is 1. The van der Waals surface area contributed by atoms with Gasteiger partial charge in [-0.1, -0.05) is 30.3 Å². The smallest absolute Gasteiger partial charge is 0.423 e. The molecule has 0 aliphatic heterocycles. The fourth-order valence-corrected chi connectivity index (χ4v) is 0.625. The largest absolute Gasteiger partial charge is 0.488 e. The van der Waals surface area contributed by atoms with Crippen LogP contribution >= 0.6 is 0 Å². The predicted molar refractivity (Wildman–Crippen MR) is 46.5 cm³/mol. The van der Waals surface area contributed by atoms with Crippen LogP contribution in [-0.2, 0) is 4.79 Å². The van der Waals surface area contributed by atoms with Crippen LogP contribution in [0.25, 0.3) is 0 Å². The van der Waals surface area contributed by atoms with Gasteiger partial charge in [0.05, 0.1) is 0 Å². The maximum absolute atomic E-state index is 8.58. The molecule has 0 aliphatic carbocycles. The zero-order valence-corrected chi connectivity index (χ0v) is 6.42. The van der Waals surface area contributed by atoms with E-state index in [0.717, 1.165) is 0 Å². The first-order valence-corrected chi connectivity index (χ1v) is 3.28. The number of hydrogen-bond donors (Lipinski definition) is 3. The van der Waals surface area contributed by atoms with Crippen LogP contribution in [0.2, 0.25) is 0 Å². The van der Waals surface area contributed by atoms with Crippen LogP contribution in [0.1, 0.15) is 0 Å². The summed E-state index contributed by atoms with van der Waals surface area (Å²) in [4.78, 5) is 8.58. The molecule has 0 fully saturated rings. The molecule has 0 unspecified atom stereocenters. The van der Waals surface area contributed by atoms with E-state index in [0.29, 0.717) is 5.46 Å². The first kappa shape index (κ1) is 10.7. The lowest BCUT2D eigenvalue weighted by Gasteiger charge is -1.94. The van der Waals surface area contributed by atoms with Crippen molar-refractivity contribution < 1.29 is 14.8 Å². The van der Waals surface area contributed by atoms with Gasteiger partial charge < -0.3 is 15.8 Å². The van der Waals surface area contributed by atoms with Crippen molar-refractivity contribution in [3.63, 3.8) is 0 Å². The highest BCUT2D eigenvalue weighted by atomic mass is 16.4. The standard InChI is InChI=1S/C6H7BO2.CH3NO/c8-7(9)6-4-2-1-3-5-6;2-1-3/h1-5,8-9H;1H,(H2,2,3). The van der Waals surface area contributed by atoms with Gasteiger partial charge in [-0.3, -0.25) is 4.79 Å². The number of carbonyl (C=O) groups excluding carboxylic acids is 1. The van der Waals surface area contributed by atoms with Gasteiger partial charge in [0.1, 0.15) is 0 Å². The molecule has 12 heavy (non-hydrogen) atoms. The molecule has 0 radical (unpaired) electrons. The van der Waals surface area contributed by atoms with Crippen molar-refractivity contribution >= 4 is 19.0 Å². The Hall–Kier alpha value is -1.33. The average molecular weight is 167 g/mol. The van der Waals surface area contributed by atoms with E-state index in [9.17, 15) is 0 Å². The van der Waals surface area contributed by atoms with Gasteiger partial charge in [-0.15, -0.1) is 0 Å². The second-order valence-corrected chi connectivity index (χ2v) is 1.92. The topological polar surface area (TPSA) is 83.6 Å². The summed E-state index contributed by atoms with van der Waals surface area (Å²) in [5, 5.41) is 17.2. The second-order valence-electron chi connectivity index (χ2n) is 1.92. The van der Waals surface area contributed by atoms with Crippen LogP contribution in [-0.4, -0.2) is 23.6 Å². The molecular weight excluding hydrogens is 157 g/mol. The molecule has 5 heteroatoms. The fraction of sp³-hybridized carbons (Fsp3) is 0. The molecule has 0 aromatic heterocycles. The van der Waals surface area contributed by atoms with Gasteiger partial charge >= 0.3 is 7.12 Å². The first-order chi connectivity index (χ1) is 5.72. The molecule has 0 saturated carbocycles. The van der Waals surface area contributed by atoms with E-state index >= 15 is 0 Å². The summed E-state index contributed by atoms with van der Waals surface area (Å²) < 4.78 is 0. The van der Waals surface area contributed by atoms with Crippen molar-refractivity contribution in [2.75, 3.05) is 0 Å². The molecule has 0 atom stereocenters. The summed E-state index contributed by atoms with van der Waals surface area (Å²) in [6.45, 7) is 0. The number of amides is 1. The van der Waals surface area contributed by atoms with Crippen LogP contribution in [0.5, 0.6) is 0 Å². The summed E-state index contributed by atoms with van der Waals surface area (Å²) in [6.07, 6.45) is 0.250. The molecule has 1 amide bonds. The second kappa shape index (κ2) is 6.39. The molecule has 0 saturated heterocycles. The van der Waals surface area contributed by atoms with E-state index in [1.54, 1.807) is 24.3 Å². The molecule has 0 heterocycles. The zero-order chi connectivity index (χ0) is 9.40. The Balaban J connectivity index is 0.000000354. The highest BCUT2D eigenvalue weighted by molar-refractivity contribution is 6.58. The maximum Gasteiger partial charge on any atom is 0.488 e. The molecule has 4 N–H and O–H groups in total. The minimum absolute atomic E-state index is 0.250. The van der Waals surface area contributed by atoms with Crippen molar-refractivity contribution in [3.05, 3.63) is 30.3 Å². The van der Waals surface area contributed by atoms with Gasteiger partial charge in [0.25, 0.3) is 0 Å². The Kier molecular flexibility index (Phi) is 5.68. The van der Waals surface area contributed by atoms with E-state index in [4.69, 9.17) is 14.8 Å². The fourth-order valence-electron chi connectivity index (χ4n) is 0.625. The molecule has 1 aromatic carbocycles. The van der Waals surface area contributed by atoms with Crippen LogP contribution in [0, 0.1) is 0 Å². The van der Waals surface area contributed by atoms with Gasteiger partial charge in [-0.2, -0.15) is 0 Å². The zero-order valence-electron chi connectivity index (χ0n) is 6.42. The number of carbonyl (C=O) groups is 1. The van der Waals surface area contributed by atoms with E-state index in [-0.39, 0.29) is 6.41 Å². The summed E-state index contributed by atoms with van der Waals surface area (Å²) in [5.74, 6) is 0. The number of hydrogen-bond acceptors (Lipinski definition) is 3. The summed E-state index contributed by atoms with van der Waals surface area (Å²) >= 11 is 0. The van der Waals surface area contributed by atoms with Crippen LogP contribution in [0.3, 0.4) is 0 Å². The van der Waals surface area contributed by atoms with Crippen LogP contribution < -0.4 is 11.2 Å². The van der Waals surface area contributed by atoms with Gasteiger partial charge in [-0.05, 0) is 5.46 Å². The van der Waals surface area contributed by atoms with Gasteiger partial charge in [0.15, 0.2) is 0 Å². The third kappa shape index (κ3) is 4.48. The average Bonchev–Trinajstić information content (AvgIpc) is 2.07. The molecule has 0 bridgehead atoms. The summed E-state index contributed by atoms with van der Waals surface area (Å²) in [6, 6.07) is 8.66. The summed E-state index contributed by atoms with van der Waals surface area (Å²) in [7, 11) is -1.34. The van der Waals surface area contributed by atoms with E-state index < -0.39 is 7.12 Å². The molecule has 4 nitrogen and oxygen atoms in total. The van der Waals surface area contributed by atoms with Crippen molar-refractivity contribution in [1.29, 1.82) is 0 Å². The van der Waals surface area contributed by atoms with Crippen LogP contribution in [0.4, 0.5) is 0 Å². The number of primary amides is 1. The quantitative estimate of drug-likeness (QED) is 0.350. The lowest BCUT2D eigenvalue weighted by atomic mass is 9.81. The summed E-state index contributed by atoms with van der Waals surface area (Å²) in [5.41, 5.74) is 4.69. The molecule has 0 aliphatic rings. The molecule has 1 aromatic rings. The molecule has 0 spiro atoms. The lowest BCUT2D eigenvalue weighted by molar-refractivity contribution is -0.106. The van der Waals surface area contributed by atoms with Crippen molar-refractivity contribution in [2.24, 2.45) is 5.73 Å². The third-order valence-corrected chi connectivity index (χ3v) is 1.10. The highest BCUT2D eigenvalue weighted by Crippen LogP contribution is 1.82. The van der Waals surface area contributed by atoms with Gasteiger partial charge in [0.2, 0.25) is 6.41 Å². The molecule has 64 valence electrons. The Morgan fingerprint density at radius 3 is 1.92 bits per heavy atom. The minimum atomic E-state index is -1.34. The van der Waals surface area contributed by atoms with E-state index in [1.165, 1.54) is 0 Å². The monoisotopic (exact) mass is 167 g/mol. The highest BCUT2D eigenvalue weighted by Gasteiger charge is 2.07. The third-order valence-electron chi connectivity index (χ3n) is 1.10. The Labute approximate surface area is 70.8 Å². The van der Waals surface area contributed by atoms with Crippen molar-refractivity contribution in [1.82, 2.24) is 0 Å². The predicted octanol–water partition coefficient (Wildman–Crippen LogP) is -1.53. The number of rotatable bonds is 1. The van der Waals surface area contributed by atoms with Crippen molar-refractivity contribution in [3.8, 4) is 0 Å². The molecular formula is C7H10BNO3. The van der Waals surface area contributed by atoms with Gasteiger partial charge in [0, 0.05) is 0 Å². The van der Waals surface area contributed by atoms with Crippen molar-refractivity contribution in [2.45, 2.75) is 0 Å². The van der Waals surface area contributed by atoms with E-state index in [1.807, 2.05) is 6.07 Å². The van der Waals surface area contributed by atoms with E-state index in [2.05, 4.69) is 5.73 Å². The minimum Gasteiger partial charge on any atom is -0.423 e. The van der Waals surface area contributed by atoms with Crippen LogP contribution in [0.15, 0.2) is 30.3 Å². The SMILES string of the molecule is NC=O.OB(O)c1ccccc1. The Morgan fingerprint density at radius 2 is 1.67 bits per heavy atom.